The highest BCUT2D eigenvalue weighted by molar-refractivity contribution is 6.30. The number of rotatable bonds is 6. The number of hydrogen-bond donors (Lipinski definition) is 2. The molecule has 0 fully saturated rings. The summed E-state index contributed by atoms with van der Waals surface area (Å²) in [4.78, 5) is 34.6. The van der Waals surface area contributed by atoms with Gasteiger partial charge in [0.15, 0.2) is 16.7 Å². The van der Waals surface area contributed by atoms with Crippen molar-refractivity contribution in [3.8, 4) is 11.5 Å². The maximum Gasteiger partial charge on any atom is 0.358 e. The molecule has 2 aromatic heterocycles. The third kappa shape index (κ3) is 3.78. The maximum absolute atomic E-state index is 12.5. The highest BCUT2D eigenvalue weighted by Crippen LogP contribution is 2.25. The summed E-state index contributed by atoms with van der Waals surface area (Å²) in [6.45, 7) is 5.35. The quantitative estimate of drug-likeness (QED) is 0.618. The monoisotopic (exact) mass is 387 g/mol. The fourth-order valence-electron chi connectivity index (χ4n) is 2.76. The molecule has 1 aromatic carbocycles. The molecular weight excluding hydrogens is 370 g/mol. The Morgan fingerprint density at radius 2 is 2.00 bits per heavy atom. The molecule has 8 heteroatoms. The standard InChI is InChI=1S/C19H18ClN3O4/c1-4-13-16(20)23-17(21-13)14(24)8-11-5-6-12(7-9(11)2)18-22-15(19(25)26)10(3)27-18/h5-7H,4,8H2,1-3H3,(H,21,23)(H,25,26). The van der Waals surface area contributed by atoms with Gasteiger partial charge >= 0.3 is 5.97 Å². The molecule has 0 saturated carbocycles. The molecule has 0 saturated heterocycles. The van der Waals surface area contributed by atoms with Crippen LogP contribution in [-0.4, -0.2) is 31.8 Å². The summed E-state index contributed by atoms with van der Waals surface area (Å²) in [6.07, 6.45) is 0.838. The van der Waals surface area contributed by atoms with Gasteiger partial charge in [0.2, 0.25) is 11.7 Å². The summed E-state index contributed by atoms with van der Waals surface area (Å²) >= 11 is 6.00. The molecule has 2 N–H and O–H groups in total. The molecule has 0 spiro atoms. The van der Waals surface area contributed by atoms with E-state index >= 15 is 0 Å². The zero-order chi connectivity index (χ0) is 19.7. The first kappa shape index (κ1) is 18.8. The normalized spacial score (nSPS) is 11.0. The highest BCUT2D eigenvalue weighted by Gasteiger charge is 2.19. The number of H-pyrrole nitrogens is 1. The maximum atomic E-state index is 12.5. The van der Waals surface area contributed by atoms with Gasteiger partial charge in [-0.25, -0.2) is 14.8 Å². The van der Waals surface area contributed by atoms with Crippen LogP contribution in [-0.2, 0) is 12.8 Å². The van der Waals surface area contributed by atoms with Crippen LogP contribution in [0.1, 0.15) is 50.6 Å². The van der Waals surface area contributed by atoms with Gasteiger partial charge in [0.25, 0.3) is 0 Å². The molecule has 2 heterocycles. The number of nitrogens with one attached hydrogen (secondary N) is 1. The molecule has 0 aliphatic heterocycles. The van der Waals surface area contributed by atoms with E-state index in [4.69, 9.17) is 21.1 Å². The minimum absolute atomic E-state index is 0.108. The number of carbonyl (C=O) groups is 2. The van der Waals surface area contributed by atoms with Crippen LogP contribution in [0.15, 0.2) is 22.6 Å². The van der Waals surface area contributed by atoms with E-state index in [1.54, 1.807) is 19.1 Å². The van der Waals surface area contributed by atoms with Crippen LogP contribution in [0.2, 0.25) is 5.15 Å². The van der Waals surface area contributed by atoms with E-state index < -0.39 is 5.97 Å². The second-order valence-electron chi connectivity index (χ2n) is 6.18. The molecule has 0 amide bonds. The van der Waals surface area contributed by atoms with Gasteiger partial charge in [-0.05, 0) is 43.5 Å². The predicted octanol–water partition coefficient (Wildman–Crippen LogP) is 4.02. The Hall–Kier alpha value is -2.93. The lowest BCUT2D eigenvalue weighted by molar-refractivity contribution is 0.0689. The molecule has 0 unspecified atom stereocenters. The number of carbonyl (C=O) groups excluding carboxylic acids is 1. The average Bonchev–Trinajstić information content (AvgIpc) is 3.19. The highest BCUT2D eigenvalue weighted by atomic mass is 35.5. The van der Waals surface area contributed by atoms with Crippen LogP contribution in [0.25, 0.3) is 11.5 Å². The first-order valence-corrected chi connectivity index (χ1v) is 8.76. The van der Waals surface area contributed by atoms with E-state index in [0.717, 1.165) is 16.8 Å². The summed E-state index contributed by atoms with van der Waals surface area (Å²) in [5.74, 6) is -0.570. The number of carboxylic acid groups (broad SMARTS) is 1. The summed E-state index contributed by atoms with van der Waals surface area (Å²) in [7, 11) is 0. The van der Waals surface area contributed by atoms with Crippen LogP contribution in [0, 0.1) is 13.8 Å². The van der Waals surface area contributed by atoms with E-state index in [2.05, 4.69) is 15.0 Å². The van der Waals surface area contributed by atoms with Crippen LogP contribution in [0.3, 0.4) is 0 Å². The minimum Gasteiger partial charge on any atom is -0.476 e. The fraction of sp³-hybridized carbons (Fsp3) is 0.263. The van der Waals surface area contributed by atoms with Crippen molar-refractivity contribution in [2.75, 3.05) is 0 Å². The van der Waals surface area contributed by atoms with Gasteiger partial charge in [-0.3, -0.25) is 4.79 Å². The number of carboxylic acids is 1. The lowest BCUT2D eigenvalue weighted by Gasteiger charge is -2.06. The number of nitrogens with zero attached hydrogens (tertiary/aromatic N) is 2. The number of imidazole rings is 1. The average molecular weight is 388 g/mol. The van der Waals surface area contributed by atoms with Crippen LogP contribution in [0.5, 0.6) is 0 Å². The van der Waals surface area contributed by atoms with E-state index in [0.29, 0.717) is 17.1 Å². The van der Waals surface area contributed by atoms with E-state index in [9.17, 15) is 9.59 Å². The number of halogens is 1. The fourth-order valence-corrected chi connectivity index (χ4v) is 3.02. The Balaban J connectivity index is 1.83. The van der Waals surface area contributed by atoms with Crippen molar-refractivity contribution < 1.29 is 19.1 Å². The number of aromatic carboxylic acids is 1. The molecule has 27 heavy (non-hydrogen) atoms. The topological polar surface area (TPSA) is 109 Å². The van der Waals surface area contributed by atoms with Crippen molar-refractivity contribution in [1.29, 1.82) is 0 Å². The van der Waals surface area contributed by atoms with E-state index in [-0.39, 0.29) is 35.4 Å². The molecule has 7 nitrogen and oxygen atoms in total. The largest absolute Gasteiger partial charge is 0.476 e. The molecule has 140 valence electrons. The zero-order valence-corrected chi connectivity index (χ0v) is 15.8. The van der Waals surface area contributed by atoms with Gasteiger partial charge in [0.1, 0.15) is 5.76 Å². The molecule has 0 atom stereocenters. The van der Waals surface area contributed by atoms with Crippen molar-refractivity contribution in [1.82, 2.24) is 15.0 Å². The Morgan fingerprint density at radius 3 is 2.56 bits per heavy atom. The predicted molar refractivity (Wildman–Crippen MR) is 99.4 cm³/mol. The molecule has 0 aliphatic carbocycles. The first-order valence-electron chi connectivity index (χ1n) is 8.38. The second kappa shape index (κ2) is 7.36. The first-order chi connectivity index (χ1) is 12.8. The number of Topliss-reactive ketones (excluding diaryl/α,β-unsaturated/α-hetero) is 1. The Kier molecular flexibility index (Phi) is 5.14. The molecular formula is C19H18ClN3O4. The van der Waals surface area contributed by atoms with Crippen molar-refractivity contribution >= 4 is 23.4 Å². The number of oxazole rings is 1. The molecule has 0 aliphatic rings. The summed E-state index contributed by atoms with van der Waals surface area (Å²) in [5.41, 5.74) is 2.97. The zero-order valence-electron chi connectivity index (χ0n) is 15.1. The van der Waals surface area contributed by atoms with Gasteiger partial charge in [-0.2, -0.15) is 0 Å². The van der Waals surface area contributed by atoms with Crippen LogP contribution in [0.4, 0.5) is 0 Å². The lowest BCUT2D eigenvalue weighted by atomic mass is 10.0. The number of ketones is 1. The number of benzene rings is 1. The van der Waals surface area contributed by atoms with Crippen molar-refractivity contribution in [2.24, 2.45) is 0 Å². The van der Waals surface area contributed by atoms with Gasteiger partial charge in [0.05, 0.1) is 5.69 Å². The molecule has 3 aromatic rings. The molecule has 3 rings (SSSR count). The number of aryl methyl sites for hydroxylation is 3. The van der Waals surface area contributed by atoms with Crippen molar-refractivity contribution in [2.45, 2.75) is 33.6 Å². The Morgan fingerprint density at radius 1 is 1.26 bits per heavy atom. The number of aromatic nitrogens is 3. The van der Waals surface area contributed by atoms with Gasteiger partial charge in [-0.1, -0.05) is 24.6 Å². The second-order valence-corrected chi connectivity index (χ2v) is 6.54. The SMILES string of the molecule is CCc1[nH]c(C(=O)Cc2ccc(-c3nc(C(=O)O)c(C)o3)cc2C)nc1Cl. The number of hydrogen-bond acceptors (Lipinski definition) is 5. The number of aromatic amines is 1. The third-order valence-electron chi connectivity index (χ3n) is 4.29. The van der Waals surface area contributed by atoms with Gasteiger partial charge < -0.3 is 14.5 Å². The van der Waals surface area contributed by atoms with Crippen LogP contribution < -0.4 is 0 Å². The lowest BCUT2D eigenvalue weighted by Crippen LogP contribution is -2.07. The molecule has 0 radical (unpaired) electrons. The minimum atomic E-state index is -1.13. The van der Waals surface area contributed by atoms with Gasteiger partial charge in [0, 0.05) is 12.0 Å². The Bertz CT molecular complexity index is 1040. The van der Waals surface area contributed by atoms with Crippen molar-refractivity contribution in [3.63, 3.8) is 0 Å². The summed E-state index contributed by atoms with van der Waals surface area (Å²) in [6, 6.07) is 5.36. The third-order valence-corrected chi connectivity index (χ3v) is 4.60. The molecule has 0 bridgehead atoms. The summed E-state index contributed by atoms with van der Waals surface area (Å²) < 4.78 is 5.45. The Labute approximate surface area is 160 Å². The van der Waals surface area contributed by atoms with E-state index in [1.807, 2.05) is 19.9 Å². The smallest absolute Gasteiger partial charge is 0.358 e. The van der Waals surface area contributed by atoms with E-state index in [1.165, 1.54) is 0 Å². The van der Waals surface area contributed by atoms with Crippen molar-refractivity contribution in [3.05, 3.63) is 57.5 Å². The van der Waals surface area contributed by atoms with Gasteiger partial charge in [-0.15, -0.1) is 0 Å². The summed E-state index contributed by atoms with van der Waals surface area (Å²) in [5, 5.41) is 9.41. The van der Waals surface area contributed by atoms with Crippen LogP contribution >= 0.6 is 11.6 Å².